The van der Waals surface area contributed by atoms with Crippen LogP contribution in [0.1, 0.15) is 18.4 Å². The molecule has 1 heterocycles. The maximum Gasteiger partial charge on any atom is 0.324 e. The van der Waals surface area contributed by atoms with Gasteiger partial charge < -0.3 is 10.4 Å². The van der Waals surface area contributed by atoms with E-state index in [-0.39, 0.29) is 0 Å². The maximum atomic E-state index is 11.6. The largest absolute Gasteiger partial charge is 0.480 e. The van der Waals surface area contributed by atoms with Gasteiger partial charge in [-0.05, 0) is 35.7 Å². The lowest BCUT2D eigenvalue weighted by Crippen LogP contribution is -2.49. The summed E-state index contributed by atoms with van der Waals surface area (Å²) in [7, 11) is 0. The lowest BCUT2D eigenvalue weighted by Gasteiger charge is -2.25. The number of hydrogen-bond acceptors (Lipinski definition) is 2. The second-order valence-corrected chi connectivity index (χ2v) is 5.23. The summed E-state index contributed by atoms with van der Waals surface area (Å²) in [6.45, 7) is 0.789. The molecule has 98 valence electrons. The van der Waals surface area contributed by atoms with E-state index >= 15 is 0 Å². The van der Waals surface area contributed by atoms with E-state index in [0.717, 1.165) is 23.9 Å². The molecule has 0 saturated carbocycles. The Morgan fingerprint density at radius 2 is 2.00 bits per heavy atom. The fourth-order valence-electron chi connectivity index (χ4n) is 2.99. The monoisotopic (exact) mass is 255 g/mol. The minimum absolute atomic E-state index is 0.545. The molecule has 2 N–H and O–H groups in total. The topological polar surface area (TPSA) is 49.3 Å². The Hall–Kier alpha value is -1.87. The van der Waals surface area contributed by atoms with Gasteiger partial charge in [-0.25, -0.2) is 0 Å². The first-order valence-corrected chi connectivity index (χ1v) is 6.66. The van der Waals surface area contributed by atoms with E-state index in [4.69, 9.17) is 0 Å². The zero-order valence-electron chi connectivity index (χ0n) is 10.7. The Bertz CT molecular complexity index is 610. The molecule has 3 nitrogen and oxygen atoms in total. The number of rotatable bonds is 3. The second-order valence-electron chi connectivity index (χ2n) is 5.23. The van der Waals surface area contributed by atoms with Crippen LogP contribution in [0, 0.1) is 0 Å². The van der Waals surface area contributed by atoms with Crippen LogP contribution >= 0.6 is 0 Å². The number of hydrogen-bond donors (Lipinski definition) is 2. The van der Waals surface area contributed by atoms with E-state index < -0.39 is 11.5 Å². The molecule has 2 aromatic carbocycles. The third kappa shape index (κ3) is 2.10. The summed E-state index contributed by atoms with van der Waals surface area (Å²) < 4.78 is 0. The number of fused-ring (bicyclic) bond motifs is 1. The number of carboxylic acid groups (broad SMARTS) is 1. The molecule has 0 radical (unpaired) electrons. The molecule has 1 aliphatic rings. The molecule has 0 spiro atoms. The number of aliphatic carboxylic acids is 1. The van der Waals surface area contributed by atoms with Crippen LogP contribution < -0.4 is 5.32 Å². The Labute approximate surface area is 112 Å². The third-order valence-electron chi connectivity index (χ3n) is 4.03. The first kappa shape index (κ1) is 12.2. The summed E-state index contributed by atoms with van der Waals surface area (Å²) in [6.07, 6.45) is 2.17. The van der Waals surface area contributed by atoms with Crippen molar-refractivity contribution in [3.05, 3.63) is 48.0 Å². The molecule has 0 aromatic heterocycles. The van der Waals surface area contributed by atoms with Gasteiger partial charge >= 0.3 is 5.97 Å². The zero-order chi connectivity index (χ0) is 13.3. The average Bonchev–Trinajstić information content (AvgIpc) is 2.89. The number of carboxylic acids is 1. The van der Waals surface area contributed by atoms with Crippen LogP contribution in [0.5, 0.6) is 0 Å². The highest BCUT2D eigenvalue weighted by Crippen LogP contribution is 2.28. The highest BCUT2D eigenvalue weighted by Gasteiger charge is 2.41. The van der Waals surface area contributed by atoms with E-state index in [9.17, 15) is 9.90 Å². The molecule has 2 aromatic rings. The number of nitrogens with one attached hydrogen (secondary N) is 1. The summed E-state index contributed by atoms with van der Waals surface area (Å²) >= 11 is 0. The molecule has 1 fully saturated rings. The predicted octanol–water partition coefficient (Wildman–Crippen LogP) is 2.59. The highest BCUT2D eigenvalue weighted by molar-refractivity contribution is 5.87. The summed E-state index contributed by atoms with van der Waals surface area (Å²) in [5, 5.41) is 15.0. The average molecular weight is 255 g/mol. The van der Waals surface area contributed by atoms with Crippen molar-refractivity contribution in [2.75, 3.05) is 6.54 Å². The van der Waals surface area contributed by atoms with Gasteiger partial charge in [-0.15, -0.1) is 0 Å². The van der Waals surface area contributed by atoms with Crippen molar-refractivity contribution in [3.63, 3.8) is 0 Å². The molecule has 1 aliphatic heterocycles. The van der Waals surface area contributed by atoms with Crippen molar-refractivity contribution < 1.29 is 9.90 Å². The molecular formula is C16H17NO2. The first-order chi connectivity index (χ1) is 9.21. The smallest absolute Gasteiger partial charge is 0.324 e. The fraction of sp³-hybridized carbons (Fsp3) is 0.312. The molecule has 19 heavy (non-hydrogen) atoms. The van der Waals surface area contributed by atoms with Crippen molar-refractivity contribution in [1.82, 2.24) is 5.32 Å². The lowest BCUT2D eigenvalue weighted by molar-refractivity contribution is -0.144. The molecule has 0 amide bonds. The van der Waals surface area contributed by atoms with E-state index in [1.54, 1.807) is 0 Å². The van der Waals surface area contributed by atoms with Crippen molar-refractivity contribution in [1.29, 1.82) is 0 Å². The van der Waals surface area contributed by atoms with Gasteiger partial charge in [0, 0.05) is 6.42 Å². The minimum Gasteiger partial charge on any atom is -0.480 e. The normalized spacial score (nSPS) is 22.7. The summed E-state index contributed by atoms with van der Waals surface area (Å²) in [5.41, 5.74) is 0.319. The van der Waals surface area contributed by atoms with Crippen molar-refractivity contribution >= 4 is 16.7 Å². The first-order valence-electron chi connectivity index (χ1n) is 6.66. The Morgan fingerprint density at radius 3 is 2.74 bits per heavy atom. The molecule has 1 saturated heterocycles. The molecule has 0 bridgehead atoms. The van der Waals surface area contributed by atoms with Gasteiger partial charge in [-0.2, -0.15) is 0 Å². The van der Waals surface area contributed by atoms with Crippen LogP contribution in [0.2, 0.25) is 0 Å². The van der Waals surface area contributed by atoms with Gasteiger partial charge in [0.2, 0.25) is 0 Å². The zero-order valence-corrected chi connectivity index (χ0v) is 10.7. The lowest BCUT2D eigenvalue weighted by atomic mass is 9.87. The Balaban J connectivity index is 2.03. The van der Waals surface area contributed by atoms with E-state index in [1.807, 2.05) is 24.3 Å². The molecule has 1 atom stereocenters. The Kier molecular flexibility index (Phi) is 2.99. The second kappa shape index (κ2) is 4.67. The van der Waals surface area contributed by atoms with Gasteiger partial charge in [-0.3, -0.25) is 4.79 Å². The van der Waals surface area contributed by atoms with Gasteiger partial charge in [-0.1, -0.05) is 42.5 Å². The molecule has 0 aliphatic carbocycles. The number of benzene rings is 2. The molecular weight excluding hydrogens is 238 g/mol. The number of carbonyl (C=O) groups is 1. The van der Waals surface area contributed by atoms with E-state index in [0.29, 0.717) is 12.8 Å². The Morgan fingerprint density at radius 1 is 1.21 bits per heavy atom. The summed E-state index contributed by atoms with van der Waals surface area (Å²) in [6, 6.07) is 14.2. The molecule has 3 heteroatoms. The molecule has 3 rings (SSSR count). The summed E-state index contributed by atoms with van der Waals surface area (Å²) in [5.74, 6) is -0.738. The van der Waals surface area contributed by atoms with Crippen molar-refractivity contribution in [3.8, 4) is 0 Å². The molecule has 0 unspecified atom stereocenters. The van der Waals surface area contributed by atoms with Gasteiger partial charge in [0.15, 0.2) is 0 Å². The summed E-state index contributed by atoms with van der Waals surface area (Å²) in [4.78, 5) is 11.6. The maximum absolute atomic E-state index is 11.6. The van der Waals surface area contributed by atoms with Gasteiger partial charge in [0.1, 0.15) is 5.54 Å². The standard InChI is InChI=1S/C16H17NO2/c18-15(19)16(9-4-10-17-16)11-13-7-3-6-12-5-1-2-8-14(12)13/h1-3,5-8,17H,4,9-11H2,(H,18,19)/t16-/m1/s1. The van der Waals surface area contributed by atoms with E-state index in [1.165, 1.54) is 5.39 Å². The predicted molar refractivity (Wildman–Crippen MR) is 75.3 cm³/mol. The van der Waals surface area contributed by atoms with Gasteiger partial charge in [0.25, 0.3) is 0 Å². The van der Waals surface area contributed by atoms with Crippen LogP contribution in [0.25, 0.3) is 10.8 Å². The van der Waals surface area contributed by atoms with Gasteiger partial charge in [0.05, 0.1) is 0 Å². The highest BCUT2D eigenvalue weighted by atomic mass is 16.4. The van der Waals surface area contributed by atoms with Crippen LogP contribution in [-0.2, 0) is 11.2 Å². The van der Waals surface area contributed by atoms with Crippen LogP contribution in [0.3, 0.4) is 0 Å². The van der Waals surface area contributed by atoms with Crippen LogP contribution in [0.15, 0.2) is 42.5 Å². The third-order valence-corrected chi connectivity index (χ3v) is 4.03. The van der Waals surface area contributed by atoms with Crippen molar-refractivity contribution in [2.24, 2.45) is 0 Å². The minimum atomic E-state index is -0.788. The van der Waals surface area contributed by atoms with Crippen LogP contribution in [-0.4, -0.2) is 23.2 Å². The SMILES string of the molecule is O=C(O)[C@]1(Cc2cccc3ccccc23)CCCN1. The fourth-order valence-corrected chi connectivity index (χ4v) is 2.99. The van der Waals surface area contributed by atoms with E-state index in [2.05, 4.69) is 23.5 Å². The van der Waals surface area contributed by atoms with Crippen molar-refractivity contribution in [2.45, 2.75) is 24.8 Å². The quantitative estimate of drug-likeness (QED) is 0.886. The van der Waals surface area contributed by atoms with Crippen LogP contribution in [0.4, 0.5) is 0 Å².